The molecule has 3 nitrogen and oxygen atoms in total. The standard InChI is InChI=1S/C48H29FN2O/c49-33-20-24-45-40(28-33)39-27-32(19-23-44(39)50(45)34-12-5-2-6-13-34)31-18-22-43-38(26-31)37-14-7-8-16-42(37)51(43)35-21-25-46-41(29-35)48-36(15-9-17-47(48)52-46)30-10-3-1-4-11-30/h1-29H/i1D,3D,4D,10D,11D. The van der Waals surface area contributed by atoms with Gasteiger partial charge in [-0.05, 0) is 107 Å². The zero-order valence-corrected chi connectivity index (χ0v) is 27.5. The first-order valence-corrected chi connectivity index (χ1v) is 17.1. The van der Waals surface area contributed by atoms with E-state index in [0.29, 0.717) is 22.1 Å². The van der Waals surface area contributed by atoms with Crippen LogP contribution in [0.5, 0.6) is 0 Å². The number of hydrogen-bond donors (Lipinski definition) is 0. The van der Waals surface area contributed by atoms with Crippen molar-refractivity contribution in [1.29, 1.82) is 0 Å². The number of nitrogens with zero attached hydrogens (tertiary/aromatic N) is 2. The molecular weight excluding hydrogens is 640 g/mol. The lowest BCUT2D eigenvalue weighted by Crippen LogP contribution is -1.93. The molecule has 0 fully saturated rings. The van der Waals surface area contributed by atoms with Crippen molar-refractivity contribution in [2.24, 2.45) is 0 Å². The number of hydrogen-bond acceptors (Lipinski definition) is 1. The van der Waals surface area contributed by atoms with E-state index in [2.05, 4.69) is 75.9 Å². The van der Waals surface area contributed by atoms with Crippen LogP contribution in [0.3, 0.4) is 0 Å². The second-order valence-corrected chi connectivity index (χ2v) is 13.1. The number of benzene rings is 8. The molecule has 0 bridgehead atoms. The second-order valence-electron chi connectivity index (χ2n) is 13.1. The molecule has 11 rings (SSSR count). The molecule has 244 valence electrons. The average molecular weight is 674 g/mol. The van der Waals surface area contributed by atoms with Crippen molar-refractivity contribution in [2.75, 3.05) is 0 Å². The number of rotatable bonds is 4. The van der Waals surface area contributed by atoms with Crippen molar-refractivity contribution in [2.45, 2.75) is 0 Å². The van der Waals surface area contributed by atoms with Crippen LogP contribution >= 0.6 is 0 Å². The minimum atomic E-state index is -0.429. The maximum Gasteiger partial charge on any atom is 0.136 e. The molecule has 0 aliphatic heterocycles. The lowest BCUT2D eigenvalue weighted by molar-refractivity contribution is 0.629. The van der Waals surface area contributed by atoms with Gasteiger partial charge in [0.1, 0.15) is 17.0 Å². The predicted octanol–water partition coefficient (Wildman–Crippen LogP) is 13.3. The van der Waals surface area contributed by atoms with Gasteiger partial charge in [-0.3, -0.25) is 0 Å². The van der Waals surface area contributed by atoms with Crippen molar-refractivity contribution in [3.05, 3.63) is 182 Å². The van der Waals surface area contributed by atoms with E-state index in [1.165, 1.54) is 6.07 Å². The van der Waals surface area contributed by atoms with Crippen LogP contribution in [0.25, 0.3) is 99.2 Å². The highest BCUT2D eigenvalue weighted by Crippen LogP contribution is 2.41. The SMILES string of the molecule is [2H]c1c([2H])c([2H])c(-c2cccc3oc4ccc(-n5c6ccccc6c6cc(-c7ccc8c(c7)c7cc(F)ccc7n8-c7ccccc7)ccc65)cc4c23)c([2H])c1[2H]. The van der Waals surface area contributed by atoms with Gasteiger partial charge in [0, 0.05) is 43.7 Å². The molecule has 0 unspecified atom stereocenters. The van der Waals surface area contributed by atoms with Crippen LogP contribution in [0, 0.1) is 5.82 Å². The number of para-hydroxylation sites is 2. The number of halogens is 1. The molecular formula is C48H29FN2O. The van der Waals surface area contributed by atoms with Gasteiger partial charge in [-0.25, -0.2) is 4.39 Å². The van der Waals surface area contributed by atoms with Crippen LogP contribution in [0.2, 0.25) is 0 Å². The van der Waals surface area contributed by atoms with Crippen LogP contribution in [0.15, 0.2) is 180 Å². The summed E-state index contributed by atoms with van der Waals surface area (Å²) in [6.45, 7) is 0. The van der Waals surface area contributed by atoms with E-state index in [1.54, 1.807) is 18.2 Å². The quantitative estimate of drug-likeness (QED) is 0.182. The largest absolute Gasteiger partial charge is 0.456 e. The molecule has 0 saturated carbocycles. The normalized spacial score (nSPS) is 13.3. The van der Waals surface area contributed by atoms with E-state index in [9.17, 15) is 4.39 Å². The number of fused-ring (bicyclic) bond motifs is 9. The summed E-state index contributed by atoms with van der Waals surface area (Å²) in [5.41, 5.74) is 9.74. The van der Waals surface area contributed by atoms with Gasteiger partial charge in [0.05, 0.1) is 28.9 Å². The first-order chi connectivity index (χ1) is 27.8. The lowest BCUT2D eigenvalue weighted by Gasteiger charge is -2.10. The monoisotopic (exact) mass is 673 g/mol. The van der Waals surface area contributed by atoms with Crippen molar-refractivity contribution in [3.63, 3.8) is 0 Å². The molecule has 0 aliphatic rings. The third kappa shape index (κ3) is 4.25. The molecule has 0 N–H and O–H groups in total. The Balaban J connectivity index is 1.10. The van der Waals surface area contributed by atoms with Gasteiger partial charge >= 0.3 is 0 Å². The lowest BCUT2D eigenvalue weighted by atomic mass is 9.99. The molecule has 0 saturated heterocycles. The summed E-state index contributed by atoms with van der Waals surface area (Å²) < 4.78 is 67.7. The van der Waals surface area contributed by atoms with Gasteiger partial charge < -0.3 is 13.6 Å². The van der Waals surface area contributed by atoms with E-state index in [0.717, 1.165) is 71.5 Å². The maximum absolute atomic E-state index is 14.7. The zero-order chi connectivity index (χ0) is 38.7. The first-order valence-electron chi connectivity index (χ1n) is 19.6. The van der Waals surface area contributed by atoms with Crippen LogP contribution in [-0.2, 0) is 0 Å². The fourth-order valence-corrected chi connectivity index (χ4v) is 8.01. The van der Waals surface area contributed by atoms with Crippen molar-refractivity contribution < 1.29 is 15.7 Å². The van der Waals surface area contributed by atoms with E-state index < -0.39 is 6.04 Å². The van der Waals surface area contributed by atoms with Crippen molar-refractivity contribution in [3.8, 4) is 33.6 Å². The predicted molar refractivity (Wildman–Crippen MR) is 213 cm³/mol. The Labute approximate surface area is 305 Å². The van der Waals surface area contributed by atoms with Crippen LogP contribution < -0.4 is 0 Å². The second kappa shape index (κ2) is 11.0. The van der Waals surface area contributed by atoms with Gasteiger partial charge in [-0.1, -0.05) is 90.9 Å². The average Bonchev–Trinajstić information content (AvgIpc) is 3.89. The van der Waals surface area contributed by atoms with Gasteiger partial charge in [0.15, 0.2) is 0 Å². The third-order valence-electron chi connectivity index (χ3n) is 10.3. The van der Waals surface area contributed by atoms with Crippen LogP contribution in [0.4, 0.5) is 4.39 Å². The van der Waals surface area contributed by atoms with Crippen LogP contribution in [0.1, 0.15) is 6.85 Å². The van der Waals surface area contributed by atoms with Gasteiger partial charge in [-0.15, -0.1) is 0 Å². The van der Waals surface area contributed by atoms with Crippen LogP contribution in [-0.4, -0.2) is 9.13 Å². The fraction of sp³-hybridized carbons (Fsp3) is 0. The summed E-state index contributed by atoms with van der Waals surface area (Å²) >= 11 is 0. The minimum Gasteiger partial charge on any atom is -0.456 e. The highest BCUT2D eigenvalue weighted by Gasteiger charge is 2.18. The fourth-order valence-electron chi connectivity index (χ4n) is 8.01. The smallest absolute Gasteiger partial charge is 0.136 e. The van der Waals surface area contributed by atoms with E-state index in [-0.39, 0.29) is 35.6 Å². The summed E-state index contributed by atoms with van der Waals surface area (Å²) in [4.78, 5) is 0. The Kier molecular flexibility index (Phi) is 5.16. The molecule has 8 aromatic carbocycles. The summed E-state index contributed by atoms with van der Waals surface area (Å²) in [6.07, 6.45) is 0. The summed E-state index contributed by atoms with van der Waals surface area (Å²) in [7, 11) is 0. The van der Waals surface area contributed by atoms with Gasteiger partial charge in [0.2, 0.25) is 0 Å². The maximum atomic E-state index is 14.7. The first kappa shape index (κ1) is 24.3. The van der Waals surface area contributed by atoms with E-state index in [4.69, 9.17) is 11.3 Å². The Morgan fingerprint density at radius 1 is 0.442 bits per heavy atom. The van der Waals surface area contributed by atoms with Crippen molar-refractivity contribution >= 4 is 65.6 Å². The Morgan fingerprint density at radius 3 is 1.88 bits per heavy atom. The summed E-state index contributed by atoms with van der Waals surface area (Å²) in [5.74, 6) is -0.277. The highest BCUT2D eigenvalue weighted by atomic mass is 19.1. The molecule has 0 atom stereocenters. The topological polar surface area (TPSA) is 23.0 Å². The molecule has 0 spiro atoms. The molecule has 52 heavy (non-hydrogen) atoms. The zero-order valence-electron chi connectivity index (χ0n) is 32.5. The molecule has 3 heterocycles. The van der Waals surface area contributed by atoms with E-state index >= 15 is 0 Å². The number of furan rings is 1. The third-order valence-corrected chi connectivity index (χ3v) is 10.3. The summed E-state index contributed by atoms with van der Waals surface area (Å²) in [6, 6.07) is 46.0. The van der Waals surface area contributed by atoms with Gasteiger partial charge in [-0.2, -0.15) is 0 Å². The highest BCUT2D eigenvalue weighted by molar-refractivity contribution is 6.15. The molecule has 0 radical (unpaired) electrons. The molecule has 3 aromatic heterocycles. The van der Waals surface area contributed by atoms with Gasteiger partial charge in [0.25, 0.3) is 0 Å². The Hall–Kier alpha value is -6.91. The van der Waals surface area contributed by atoms with Crippen molar-refractivity contribution in [1.82, 2.24) is 9.13 Å². The van der Waals surface area contributed by atoms with E-state index in [1.807, 2.05) is 54.6 Å². The minimum absolute atomic E-state index is 0.136. The Morgan fingerprint density at radius 2 is 1.10 bits per heavy atom. The molecule has 0 amide bonds. The Bertz CT molecular complexity index is 3460. The molecule has 4 heteroatoms. The summed E-state index contributed by atoms with van der Waals surface area (Å²) in [5, 5.41) is 5.42. The molecule has 0 aliphatic carbocycles. The number of aromatic nitrogens is 2. The molecule has 11 aromatic rings.